The summed E-state index contributed by atoms with van der Waals surface area (Å²) >= 11 is 0. The third-order valence-corrected chi connectivity index (χ3v) is 13.1. The van der Waals surface area contributed by atoms with Crippen molar-refractivity contribution in [1.82, 2.24) is 0 Å². The summed E-state index contributed by atoms with van der Waals surface area (Å²) in [6.45, 7) is 4.56. The fraction of sp³-hybridized carbons (Fsp3) is 1.00. The second-order valence-electron chi connectivity index (χ2n) is 17.4. The van der Waals surface area contributed by atoms with Gasteiger partial charge in [0.25, 0.3) is 0 Å². The van der Waals surface area contributed by atoms with Crippen molar-refractivity contribution in [3.05, 3.63) is 0 Å². The quantitative estimate of drug-likeness (QED) is 0.0342. The van der Waals surface area contributed by atoms with Crippen LogP contribution >= 0.6 is 0 Å². The minimum Gasteiger partial charge on any atom is -0.748 e. The molecule has 0 aliphatic rings. The molecule has 6 nitrogen and oxygen atoms in total. The van der Waals surface area contributed by atoms with Gasteiger partial charge in [-0.3, -0.25) is 0 Å². The Hall–Kier alpha value is 1.08. The Morgan fingerprint density at radius 3 is 0.439 bits per heavy atom. The van der Waals surface area contributed by atoms with E-state index in [0.29, 0.717) is 12.8 Å². The zero-order valence-electron chi connectivity index (χ0n) is 38.5. The summed E-state index contributed by atoms with van der Waals surface area (Å²) in [7, 11) is -8.00. The van der Waals surface area contributed by atoms with Crippen LogP contribution in [0.5, 0.6) is 0 Å². The number of rotatable bonds is 46. The Labute approximate surface area is 388 Å². The topological polar surface area (TPSA) is 114 Å². The fourth-order valence-corrected chi connectivity index (χ4v) is 8.89. The van der Waals surface area contributed by atoms with Crippen molar-refractivity contribution >= 4 is 58.0 Å². The SMILES string of the molecule is CCCCCCCCCCCCCCCCCCCCCCCCS(=O)(=O)[O-].CCCCCCCCCCCCCCCCCCCCCCCCS(=O)(=O)[O-].[Ca+2]. The molecule has 0 radical (unpaired) electrons. The van der Waals surface area contributed by atoms with E-state index in [9.17, 15) is 25.9 Å². The van der Waals surface area contributed by atoms with Crippen molar-refractivity contribution < 1.29 is 25.9 Å². The van der Waals surface area contributed by atoms with Crippen LogP contribution in [0, 0.1) is 0 Å². The van der Waals surface area contributed by atoms with E-state index in [2.05, 4.69) is 13.8 Å². The van der Waals surface area contributed by atoms with Crippen molar-refractivity contribution in [2.75, 3.05) is 11.5 Å². The summed E-state index contributed by atoms with van der Waals surface area (Å²) in [5.74, 6) is -0.377. The molecule has 0 rings (SSSR count). The van der Waals surface area contributed by atoms with E-state index in [1.807, 2.05) is 0 Å². The molecular weight excluding hydrogens is 777 g/mol. The second-order valence-corrected chi connectivity index (χ2v) is 20.4. The summed E-state index contributed by atoms with van der Waals surface area (Å²) < 4.78 is 62.9. The van der Waals surface area contributed by atoms with E-state index in [1.54, 1.807) is 0 Å². The Morgan fingerprint density at radius 2 is 0.333 bits per heavy atom. The van der Waals surface area contributed by atoms with Gasteiger partial charge in [0.05, 0.1) is 20.2 Å². The van der Waals surface area contributed by atoms with Gasteiger partial charge >= 0.3 is 37.7 Å². The average molecular weight is 876 g/mol. The van der Waals surface area contributed by atoms with E-state index >= 15 is 0 Å². The molecular formula is C48H98CaO6S2. The summed E-state index contributed by atoms with van der Waals surface area (Å²) in [6.07, 6.45) is 57.7. The molecule has 0 spiro atoms. The first-order chi connectivity index (χ1) is 27.1. The first kappa shape index (κ1) is 62.4. The third-order valence-electron chi connectivity index (χ3n) is 11.5. The van der Waals surface area contributed by atoms with Gasteiger partial charge in [0.15, 0.2) is 0 Å². The van der Waals surface area contributed by atoms with Crippen LogP contribution in [0.2, 0.25) is 0 Å². The van der Waals surface area contributed by atoms with Crippen LogP contribution in [0.3, 0.4) is 0 Å². The van der Waals surface area contributed by atoms with E-state index < -0.39 is 20.2 Å². The zero-order valence-corrected chi connectivity index (χ0v) is 42.3. The normalized spacial score (nSPS) is 11.7. The monoisotopic (exact) mass is 875 g/mol. The van der Waals surface area contributed by atoms with E-state index in [0.717, 1.165) is 25.7 Å². The predicted molar refractivity (Wildman–Crippen MR) is 249 cm³/mol. The first-order valence-electron chi connectivity index (χ1n) is 25.0. The van der Waals surface area contributed by atoms with Gasteiger partial charge in [0.2, 0.25) is 0 Å². The molecule has 0 bridgehead atoms. The maximum absolute atomic E-state index is 10.5. The largest absolute Gasteiger partial charge is 2.00 e. The van der Waals surface area contributed by atoms with Gasteiger partial charge in [-0.1, -0.05) is 284 Å². The molecule has 57 heavy (non-hydrogen) atoms. The van der Waals surface area contributed by atoms with Gasteiger partial charge in [0, 0.05) is 11.5 Å². The molecule has 0 N–H and O–H groups in total. The van der Waals surface area contributed by atoms with Crippen LogP contribution in [-0.4, -0.2) is 75.2 Å². The minimum absolute atomic E-state index is 0. The Kier molecular flexibility index (Phi) is 56.3. The molecule has 9 heteroatoms. The number of unbranched alkanes of at least 4 members (excludes halogenated alkanes) is 42. The van der Waals surface area contributed by atoms with Crippen molar-refractivity contribution in [2.45, 2.75) is 296 Å². The number of hydrogen-bond donors (Lipinski definition) is 0. The molecule has 340 valence electrons. The van der Waals surface area contributed by atoms with E-state index in [-0.39, 0.29) is 49.2 Å². The van der Waals surface area contributed by atoms with Crippen LogP contribution in [0.15, 0.2) is 0 Å². The maximum atomic E-state index is 10.5. The smallest absolute Gasteiger partial charge is 0.748 e. The predicted octanol–water partition coefficient (Wildman–Crippen LogP) is 15.9. The third kappa shape index (κ3) is 66.4. The van der Waals surface area contributed by atoms with Crippen molar-refractivity contribution in [3.8, 4) is 0 Å². The molecule has 0 fully saturated rings. The van der Waals surface area contributed by atoms with Gasteiger partial charge in [-0.05, 0) is 12.8 Å². The van der Waals surface area contributed by atoms with Crippen LogP contribution in [0.25, 0.3) is 0 Å². The molecule has 0 aromatic heterocycles. The van der Waals surface area contributed by atoms with Gasteiger partial charge in [0.1, 0.15) is 0 Å². The molecule has 0 amide bonds. The van der Waals surface area contributed by atoms with Crippen LogP contribution < -0.4 is 0 Å². The average Bonchev–Trinajstić information content (AvgIpc) is 3.15. The molecule has 0 heterocycles. The molecule has 0 aromatic rings. The Balaban J connectivity index is -0.00000101. The Bertz CT molecular complexity index is 869. The summed E-state index contributed by atoms with van der Waals surface area (Å²) in [5, 5.41) is 0. The molecule has 0 saturated carbocycles. The summed E-state index contributed by atoms with van der Waals surface area (Å²) in [4.78, 5) is 0. The Morgan fingerprint density at radius 1 is 0.228 bits per heavy atom. The van der Waals surface area contributed by atoms with Gasteiger partial charge in [-0.25, -0.2) is 16.8 Å². The molecule has 0 aliphatic heterocycles. The molecule has 0 unspecified atom stereocenters. The molecule has 0 aliphatic carbocycles. The van der Waals surface area contributed by atoms with Crippen molar-refractivity contribution in [1.29, 1.82) is 0 Å². The maximum Gasteiger partial charge on any atom is 2.00 e. The van der Waals surface area contributed by atoms with Gasteiger partial charge in [-0.2, -0.15) is 0 Å². The zero-order chi connectivity index (χ0) is 41.5. The standard InChI is InChI=1S/2C24H50O3S.Ca/c2*1-2-3-4-5-6-7-8-9-10-11-12-13-14-15-16-17-18-19-20-21-22-23-24-28(25,26)27;/h2*2-24H2,1H3,(H,25,26,27);/q;;+2/p-2. The van der Waals surface area contributed by atoms with E-state index in [1.165, 1.54) is 244 Å². The minimum atomic E-state index is -4.00. The van der Waals surface area contributed by atoms with Gasteiger partial charge in [-0.15, -0.1) is 0 Å². The molecule has 0 aromatic carbocycles. The summed E-state index contributed by atoms with van der Waals surface area (Å²) in [5.41, 5.74) is 0. The molecule has 0 saturated heterocycles. The fourth-order valence-electron chi connectivity index (χ4n) is 7.78. The number of hydrogen-bond acceptors (Lipinski definition) is 6. The van der Waals surface area contributed by atoms with Crippen molar-refractivity contribution in [2.24, 2.45) is 0 Å². The first-order valence-corrected chi connectivity index (χ1v) is 28.1. The van der Waals surface area contributed by atoms with Crippen molar-refractivity contribution in [3.63, 3.8) is 0 Å². The molecule has 0 atom stereocenters. The second kappa shape index (κ2) is 51.4. The van der Waals surface area contributed by atoms with E-state index in [4.69, 9.17) is 0 Å². The van der Waals surface area contributed by atoms with Crippen LogP contribution in [0.1, 0.15) is 296 Å². The van der Waals surface area contributed by atoms with Crippen LogP contribution in [-0.2, 0) is 20.2 Å². The van der Waals surface area contributed by atoms with Crippen LogP contribution in [0.4, 0.5) is 0 Å². The van der Waals surface area contributed by atoms with Gasteiger partial charge < -0.3 is 9.11 Å². The summed E-state index contributed by atoms with van der Waals surface area (Å²) in [6, 6.07) is 0.